The molecule has 2 N–H and O–H groups in total. The molecule has 0 atom stereocenters. The number of aromatic nitrogens is 2. The van der Waals surface area contributed by atoms with Crippen LogP contribution in [0.3, 0.4) is 0 Å². The molecular weight excluding hydrogens is 278 g/mol. The van der Waals surface area contributed by atoms with Gasteiger partial charge in [-0.25, -0.2) is 4.98 Å². The van der Waals surface area contributed by atoms with Crippen molar-refractivity contribution in [2.24, 2.45) is 5.10 Å². The molecule has 116 valence electrons. The molecule has 0 saturated heterocycles. The lowest BCUT2D eigenvalue weighted by Gasteiger charge is -2.12. The van der Waals surface area contributed by atoms with E-state index in [1.165, 1.54) is 10.7 Å². The Bertz CT molecular complexity index is 679. The first kappa shape index (κ1) is 15.9. The van der Waals surface area contributed by atoms with Crippen molar-refractivity contribution in [2.45, 2.75) is 33.0 Å². The Morgan fingerprint density at radius 3 is 2.64 bits per heavy atom. The Morgan fingerprint density at radius 1 is 1.27 bits per heavy atom. The quantitative estimate of drug-likeness (QED) is 0.765. The fourth-order valence-corrected chi connectivity index (χ4v) is 1.95. The number of hydrogen-bond acceptors (Lipinski definition) is 5. The average Bonchev–Trinajstić information content (AvgIpc) is 2.51. The van der Waals surface area contributed by atoms with Crippen LogP contribution in [0.2, 0.25) is 0 Å². The Hall–Kier alpha value is -2.47. The standard InChI is InChI=1S/C16H21N5O/c1-12(2)18-11-14-9-15(22)21(17-3)16(20-14)19-10-13-7-5-4-6-8-13/h4-9,12,18H,3,10-11H2,1-2H3,(H,19,20). The van der Waals surface area contributed by atoms with Crippen LogP contribution in [0.1, 0.15) is 25.1 Å². The summed E-state index contributed by atoms with van der Waals surface area (Å²) in [7, 11) is 0. The summed E-state index contributed by atoms with van der Waals surface area (Å²) < 4.78 is 1.17. The predicted molar refractivity (Wildman–Crippen MR) is 89.2 cm³/mol. The summed E-state index contributed by atoms with van der Waals surface area (Å²) in [5, 5.41) is 10.1. The molecule has 6 heteroatoms. The monoisotopic (exact) mass is 299 g/mol. The summed E-state index contributed by atoms with van der Waals surface area (Å²) >= 11 is 0. The Morgan fingerprint density at radius 2 is 2.00 bits per heavy atom. The van der Waals surface area contributed by atoms with Crippen molar-refractivity contribution in [2.75, 3.05) is 5.32 Å². The second-order valence-corrected chi connectivity index (χ2v) is 5.24. The number of anilines is 1. The van der Waals surface area contributed by atoms with E-state index in [9.17, 15) is 4.79 Å². The lowest BCUT2D eigenvalue weighted by Crippen LogP contribution is -2.27. The molecule has 0 spiro atoms. The largest absolute Gasteiger partial charge is 0.350 e. The topological polar surface area (TPSA) is 71.3 Å². The first-order chi connectivity index (χ1) is 10.6. The smallest absolute Gasteiger partial charge is 0.275 e. The first-order valence-electron chi connectivity index (χ1n) is 7.21. The minimum absolute atomic E-state index is 0.249. The van der Waals surface area contributed by atoms with Gasteiger partial charge in [-0.2, -0.15) is 9.78 Å². The fraction of sp³-hybridized carbons (Fsp3) is 0.312. The zero-order valence-electron chi connectivity index (χ0n) is 12.9. The van der Waals surface area contributed by atoms with E-state index in [2.05, 4.69) is 27.4 Å². The molecule has 0 aliphatic heterocycles. The molecule has 22 heavy (non-hydrogen) atoms. The van der Waals surface area contributed by atoms with E-state index in [0.29, 0.717) is 30.8 Å². The number of benzene rings is 1. The number of rotatable bonds is 7. The van der Waals surface area contributed by atoms with Gasteiger partial charge in [-0.1, -0.05) is 44.2 Å². The van der Waals surface area contributed by atoms with Crippen LogP contribution in [0, 0.1) is 0 Å². The van der Waals surface area contributed by atoms with Crippen LogP contribution in [0.25, 0.3) is 0 Å². The Kier molecular flexibility index (Phi) is 5.43. The van der Waals surface area contributed by atoms with E-state index < -0.39 is 0 Å². The minimum atomic E-state index is -0.249. The number of nitrogens with one attached hydrogen (secondary N) is 2. The van der Waals surface area contributed by atoms with Gasteiger partial charge in [0.1, 0.15) is 0 Å². The molecule has 2 aromatic rings. The van der Waals surface area contributed by atoms with Crippen molar-refractivity contribution in [3.63, 3.8) is 0 Å². The zero-order chi connectivity index (χ0) is 15.9. The SMILES string of the molecule is C=Nn1c(NCc2ccccc2)nc(CNC(C)C)cc1=O. The van der Waals surface area contributed by atoms with Gasteiger partial charge in [-0.3, -0.25) is 4.79 Å². The van der Waals surface area contributed by atoms with Crippen LogP contribution < -0.4 is 16.2 Å². The minimum Gasteiger partial charge on any atom is -0.350 e. The molecule has 2 rings (SSSR count). The average molecular weight is 299 g/mol. The maximum absolute atomic E-state index is 12.1. The van der Waals surface area contributed by atoms with E-state index in [1.807, 2.05) is 44.2 Å². The molecule has 0 bridgehead atoms. The lowest BCUT2D eigenvalue weighted by atomic mass is 10.2. The molecule has 1 heterocycles. The number of hydrogen-bond donors (Lipinski definition) is 2. The molecular formula is C16H21N5O. The Balaban J connectivity index is 2.20. The van der Waals surface area contributed by atoms with Gasteiger partial charge in [0, 0.05) is 31.9 Å². The van der Waals surface area contributed by atoms with E-state index in [0.717, 1.165) is 5.56 Å². The fourth-order valence-electron chi connectivity index (χ4n) is 1.95. The second kappa shape index (κ2) is 7.51. The van der Waals surface area contributed by atoms with Gasteiger partial charge in [0.25, 0.3) is 5.56 Å². The molecule has 6 nitrogen and oxygen atoms in total. The van der Waals surface area contributed by atoms with E-state index in [1.54, 1.807) is 0 Å². The van der Waals surface area contributed by atoms with Crippen LogP contribution in [-0.4, -0.2) is 22.4 Å². The van der Waals surface area contributed by atoms with Crippen molar-refractivity contribution < 1.29 is 0 Å². The molecule has 1 aromatic heterocycles. The molecule has 0 aliphatic rings. The third kappa shape index (κ3) is 4.26. The van der Waals surface area contributed by atoms with Gasteiger partial charge in [-0.05, 0) is 5.56 Å². The van der Waals surface area contributed by atoms with Crippen LogP contribution in [-0.2, 0) is 13.1 Å². The number of nitrogens with zero attached hydrogens (tertiary/aromatic N) is 3. The molecule has 1 aromatic carbocycles. The molecule has 0 fully saturated rings. The third-order valence-corrected chi connectivity index (χ3v) is 3.08. The highest BCUT2D eigenvalue weighted by Gasteiger charge is 2.08. The van der Waals surface area contributed by atoms with Crippen molar-refractivity contribution in [1.29, 1.82) is 0 Å². The predicted octanol–water partition coefficient (Wildman–Crippen LogP) is 1.82. The first-order valence-corrected chi connectivity index (χ1v) is 7.21. The molecule has 0 unspecified atom stereocenters. The van der Waals surface area contributed by atoms with Crippen LogP contribution in [0.4, 0.5) is 5.95 Å². The highest BCUT2D eigenvalue weighted by molar-refractivity contribution is 5.33. The van der Waals surface area contributed by atoms with Crippen LogP contribution in [0.15, 0.2) is 46.3 Å². The third-order valence-electron chi connectivity index (χ3n) is 3.08. The zero-order valence-corrected chi connectivity index (χ0v) is 12.9. The normalized spacial score (nSPS) is 10.7. The lowest BCUT2D eigenvalue weighted by molar-refractivity contribution is 0.578. The maximum Gasteiger partial charge on any atom is 0.275 e. The molecule has 0 saturated carbocycles. The van der Waals surface area contributed by atoms with Crippen LogP contribution in [0.5, 0.6) is 0 Å². The van der Waals surface area contributed by atoms with Gasteiger partial charge in [-0.15, -0.1) is 0 Å². The van der Waals surface area contributed by atoms with Gasteiger partial charge in [0.05, 0.1) is 5.69 Å². The van der Waals surface area contributed by atoms with Gasteiger partial charge < -0.3 is 10.6 Å². The highest BCUT2D eigenvalue weighted by atomic mass is 16.1. The summed E-state index contributed by atoms with van der Waals surface area (Å²) in [5.41, 5.74) is 1.52. The van der Waals surface area contributed by atoms with Gasteiger partial charge in [0.15, 0.2) is 0 Å². The second-order valence-electron chi connectivity index (χ2n) is 5.24. The maximum atomic E-state index is 12.1. The van der Waals surface area contributed by atoms with Crippen molar-refractivity contribution in [3.05, 3.63) is 58.0 Å². The van der Waals surface area contributed by atoms with Crippen molar-refractivity contribution >= 4 is 12.7 Å². The van der Waals surface area contributed by atoms with Crippen molar-refractivity contribution in [1.82, 2.24) is 15.0 Å². The molecule has 0 amide bonds. The molecule has 0 radical (unpaired) electrons. The van der Waals surface area contributed by atoms with E-state index >= 15 is 0 Å². The van der Waals surface area contributed by atoms with Crippen LogP contribution >= 0.6 is 0 Å². The Labute approximate surface area is 129 Å². The highest BCUT2D eigenvalue weighted by Crippen LogP contribution is 2.06. The summed E-state index contributed by atoms with van der Waals surface area (Å²) in [6, 6.07) is 11.7. The van der Waals surface area contributed by atoms with Gasteiger partial charge in [0.2, 0.25) is 5.95 Å². The van der Waals surface area contributed by atoms with Gasteiger partial charge >= 0.3 is 0 Å². The summed E-state index contributed by atoms with van der Waals surface area (Å²) in [6.45, 7) is 8.61. The summed E-state index contributed by atoms with van der Waals surface area (Å²) in [5.74, 6) is 0.395. The van der Waals surface area contributed by atoms with E-state index in [4.69, 9.17) is 0 Å². The van der Waals surface area contributed by atoms with Crippen molar-refractivity contribution in [3.8, 4) is 0 Å². The summed E-state index contributed by atoms with van der Waals surface area (Å²) in [4.78, 5) is 16.5. The van der Waals surface area contributed by atoms with E-state index in [-0.39, 0.29) is 5.56 Å². The summed E-state index contributed by atoms with van der Waals surface area (Å²) in [6.07, 6.45) is 0. The molecule has 0 aliphatic carbocycles.